The number of aryl methyl sites for hydroxylation is 2. The molecule has 0 unspecified atom stereocenters. The summed E-state index contributed by atoms with van der Waals surface area (Å²) in [5, 5.41) is 19.5. The number of likely N-dealkylation sites (tertiary alicyclic amines) is 2. The Morgan fingerprint density at radius 3 is 1.17 bits per heavy atom. The van der Waals surface area contributed by atoms with Gasteiger partial charge in [-0.1, -0.05) is 106 Å². The summed E-state index contributed by atoms with van der Waals surface area (Å²) in [6.45, 7) is 32.3. The highest BCUT2D eigenvalue weighted by Gasteiger charge is 2.34. The average molecular weight is 1220 g/mol. The summed E-state index contributed by atoms with van der Waals surface area (Å²) < 4.78 is 20.9. The van der Waals surface area contributed by atoms with Crippen LogP contribution in [0.15, 0.2) is 24.3 Å². The molecule has 1 N–H and O–H groups in total. The van der Waals surface area contributed by atoms with E-state index in [0.29, 0.717) is 52.3 Å². The van der Waals surface area contributed by atoms with Crippen LogP contribution in [0.4, 0.5) is 0 Å². The largest absolute Gasteiger partial charge is 0.496 e. The molecule has 2 fully saturated rings. The van der Waals surface area contributed by atoms with Crippen molar-refractivity contribution in [2.24, 2.45) is 0 Å². The summed E-state index contributed by atoms with van der Waals surface area (Å²) in [6.07, 6.45) is 2.91. The van der Waals surface area contributed by atoms with Gasteiger partial charge in [-0.15, -0.1) is 22.7 Å². The molecule has 450 valence electrons. The van der Waals surface area contributed by atoms with Crippen molar-refractivity contribution in [2.75, 3.05) is 47.5 Å². The number of benzene rings is 2. The monoisotopic (exact) mass is 1220 g/mol. The molecule has 2 aromatic carbocycles. The third-order valence-corrected chi connectivity index (χ3v) is 18.0. The summed E-state index contributed by atoms with van der Waals surface area (Å²) >= 11 is 16.7. The molecule has 2 aliphatic heterocycles. The third kappa shape index (κ3) is 15.5. The molecule has 8 rings (SSSR count). The predicted molar refractivity (Wildman–Crippen MR) is 327 cm³/mol. The van der Waals surface area contributed by atoms with Crippen molar-refractivity contribution in [2.45, 2.75) is 182 Å². The molecular formula is C61H82Cl2N10O8S2. The first kappa shape index (κ1) is 64.6. The van der Waals surface area contributed by atoms with Crippen LogP contribution in [-0.2, 0) is 71.5 Å². The van der Waals surface area contributed by atoms with E-state index in [1.807, 2.05) is 9.80 Å². The molecular weight excluding hydrogens is 1140 g/mol. The van der Waals surface area contributed by atoms with E-state index >= 15 is 0 Å². The zero-order valence-electron chi connectivity index (χ0n) is 51.3. The lowest BCUT2D eigenvalue weighted by atomic mass is 9.78. The van der Waals surface area contributed by atoms with Crippen molar-refractivity contribution in [3.63, 3.8) is 0 Å². The highest BCUT2D eigenvalue weighted by Crippen LogP contribution is 2.48. The lowest BCUT2D eigenvalue weighted by Gasteiger charge is -2.31. The molecule has 0 saturated carbocycles. The van der Waals surface area contributed by atoms with Gasteiger partial charge in [0.2, 0.25) is 11.8 Å². The summed E-state index contributed by atoms with van der Waals surface area (Å²) in [4.78, 5) is 70.8. The maximum absolute atomic E-state index is 13.1. The fourth-order valence-corrected chi connectivity index (χ4v) is 13.2. The van der Waals surface area contributed by atoms with Crippen LogP contribution in [0.5, 0.6) is 11.5 Å². The smallest absolute Gasteiger partial charge is 0.313 e. The molecule has 0 bridgehead atoms. The predicted octanol–water partition coefficient (Wildman–Crippen LogP) is 12.1. The molecule has 6 heterocycles. The number of methoxy groups -OCH3 is 3. The fraction of sp³-hybridized carbons (Fsp3) is 0.574. The average Bonchev–Trinajstić information content (AvgIpc) is 4.14. The van der Waals surface area contributed by atoms with Gasteiger partial charge < -0.3 is 29.1 Å². The molecule has 22 heteroatoms. The summed E-state index contributed by atoms with van der Waals surface area (Å²) in [5.41, 5.74) is 7.58. The zero-order chi connectivity index (χ0) is 61.3. The lowest BCUT2D eigenvalue weighted by Crippen LogP contribution is -2.40. The van der Waals surface area contributed by atoms with E-state index in [0.717, 1.165) is 92.0 Å². The van der Waals surface area contributed by atoms with E-state index in [4.69, 9.17) is 47.8 Å². The number of rotatable bonds is 14. The molecule has 83 heavy (non-hydrogen) atoms. The Balaban J connectivity index is 0.000000239. The van der Waals surface area contributed by atoms with E-state index in [-0.39, 0.29) is 77.1 Å². The molecule has 0 spiro atoms. The van der Waals surface area contributed by atoms with Crippen molar-refractivity contribution in [3.05, 3.63) is 88.5 Å². The van der Waals surface area contributed by atoms with Crippen LogP contribution < -0.4 is 9.47 Å². The number of carboxylic acids is 1. The summed E-state index contributed by atoms with van der Waals surface area (Å²) in [7, 11) is 4.79. The van der Waals surface area contributed by atoms with Crippen LogP contribution in [-0.4, -0.2) is 126 Å². The van der Waals surface area contributed by atoms with Crippen LogP contribution in [0.2, 0.25) is 8.67 Å². The number of thiazole rings is 2. The van der Waals surface area contributed by atoms with E-state index in [1.54, 1.807) is 32.7 Å². The number of piperidine rings is 2. The quantitative estimate of drug-likeness (QED) is 0.101. The molecule has 0 atom stereocenters. The van der Waals surface area contributed by atoms with Gasteiger partial charge in [0.25, 0.3) is 0 Å². The van der Waals surface area contributed by atoms with Crippen molar-refractivity contribution in [3.8, 4) is 34.0 Å². The second kappa shape index (κ2) is 25.7. The third-order valence-electron chi connectivity index (χ3n) is 15.2. The number of hydrogen-bond donors (Lipinski definition) is 1. The number of carbonyl (C=O) groups is 4. The maximum atomic E-state index is 13.1. The molecule has 2 amide bonds. The number of amides is 2. The Bertz CT molecular complexity index is 3270. The van der Waals surface area contributed by atoms with E-state index < -0.39 is 11.9 Å². The highest BCUT2D eigenvalue weighted by atomic mass is 35.5. The number of aliphatic carboxylic acids is 1. The minimum atomic E-state index is -1.00. The number of hydrogen-bond acceptors (Lipinski definition) is 15. The van der Waals surface area contributed by atoms with Gasteiger partial charge in [0, 0.05) is 71.4 Å². The Hall–Kier alpha value is -5.96. The fourth-order valence-electron chi connectivity index (χ4n) is 10.5. The summed E-state index contributed by atoms with van der Waals surface area (Å²) in [6, 6.07) is 8.66. The first-order valence-electron chi connectivity index (χ1n) is 28.1. The standard InChI is InChI=1S/C31H42ClN5O4S.C30H40ClN5O4S/c1-18-33-23(16-25(39)40-8)35-37(18)17-24(38)36-12-10-19(11-13-36)29-34-26(28(32)42-29)20-14-21(30(2,3)4)27(41-9)22(15-20)31(5,6)7;1-17-32-22(15-24(38)39)34-36(17)16-23(37)35-11-9-18(10-12-35)28-33-25(27(31)41-28)19-13-20(29(2,3)4)26(40-8)21(14-19)30(5,6)7/h14-15,19H,10-13,16-17H2,1-9H3;13-14,18H,9-12,15-16H2,1-8H3,(H,38,39). The number of carboxylic acid groups (broad SMARTS) is 1. The van der Waals surface area contributed by atoms with Gasteiger partial charge in [-0.2, -0.15) is 10.2 Å². The number of nitrogens with zero attached hydrogens (tertiary/aromatic N) is 10. The van der Waals surface area contributed by atoms with Crippen molar-refractivity contribution >= 4 is 69.6 Å². The maximum Gasteiger partial charge on any atom is 0.313 e. The normalized spacial score (nSPS) is 14.8. The number of halogens is 2. The van der Waals surface area contributed by atoms with Crippen LogP contribution >= 0.6 is 45.9 Å². The van der Waals surface area contributed by atoms with Crippen molar-refractivity contribution in [1.82, 2.24) is 49.3 Å². The van der Waals surface area contributed by atoms with Crippen LogP contribution in [0, 0.1) is 13.8 Å². The Morgan fingerprint density at radius 1 is 0.554 bits per heavy atom. The van der Waals surface area contributed by atoms with Crippen molar-refractivity contribution in [1.29, 1.82) is 0 Å². The SMILES string of the molecule is COC(=O)Cc1nc(C)n(CC(=O)N2CCC(c3nc(-c4cc(C(C)(C)C)c(OC)c(C(C)(C)C)c4)c(Cl)s3)CC2)n1.COc1c(C(C)(C)C)cc(-c2nc(C3CCN(C(=O)Cn4nc(CC(=O)O)nc4C)CC3)sc2Cl)cc1C(C)(C)C. The summed E-state index contributed by atoms with van der Waals surface area (Å²) in [5.74, 6) is 2.45. The number of aromatic nitrogens is 8. The van der Waals surface area contributed by atoms with E-state index in [1.165, 1.54) is 34.5 Å². The minimum absolute atomic E-state index is 0.0200. The van der Waals surface area contributed by atoms with Crippen molar-refractivity contribution < 1.29 is 38.5 Å². The molecule has 6 aromatic rings. The molecule has 4 aromatic heterocycles. The molecule has 0 radical (unpaired) electrons. The molecule has 2 saturated heterocycles. The van der Waals surface area contributed by atoms with Crippen LogP contribution in [0.1, 0.15) is 176 Å². The van der Waals surface area contributed by atoms with Gasteiger partial charge in [-0.25, -0.2) is 29.3 Å². The van der Waals surface area contributed by atoms with Gasteiger partial charge in [0.1, 0.15) is 69.1 Å². The molecule has 2 aliphatic rings. The van der Waals surface area contributed by atoms with E-state index in [9.17, 15) is 19.2 Å². The van der Waals surface area contributed by atoms with Gasteiger partial charge in [-0.3, -0.25) is 19.2 Å². The second-order valence-electron chi connectivity index (χ2n) is 25.7. The lowest BCUT2D eigenvalue weighted by molar-refractivity contribution is -0.140. The zero-order valence-corrected chi connectivity index (χ0v) is 54.4. The van der Waals surface area contributed by atoms with Crippen LogP contribution in [0.3, 0.4) is 0 Å². The van der Waals surface area contributed by atoms with Gasteiger partial charge in [0.15, 0.2) is 11.6 Å². The number of carbonyl (C=O) groups excluding carboxylic acids is 3. The second-order valence-corrected chi connectivity index (χ2v) is 28.9. The molecule has 0 aliphatic carbocycles. The Kier molecular flexibility index (Phi) is 20.0. The van der Waals surface area contributed by atoms with Gasteiger partial charge >= 0.3 is 11.9 Å². The first-order valence-corrected chi connectivity index (χ1v) is 30.5. The number of ether oxygens (including phenoxy) is 3. The highest BCUT2D eigenvalue weighted by molar-refractivity contribution is 7.16. The minimum Gasteiger partial charge on any atom is -0.496 e. The van der Waals surface area contributed by atoms with Gasteiger partial charge in [0.05, 0.1) is 31.3 Å². The van der Waals surface area contributed by atoms with E-state index in [2.05, 4.69) is 132 Å². The first-order chi connectivity index (χ1) is 38.7. The van der Waals surface area contributed by atoms with Crippen LogP contribution in [0.25, 0.3) is 22.5 Å². The molecule has 18 nitrogen and oxygen atoms in total. The Morgan fingerprint density at radius 2 is 0.880 bits per heavy atom. The topological polar surface area (TPSA) is 210 Å². The Labute approximate surface area is 506 Å². The number of esters is 1. The van der Waals surface area contributed by atoms with Gasteiger partial charge in [-0.05, 0) is 85.5 Å².